The molecule has 0 saturated heterocycles. The Hall–Kier alpha value is -3.07. The first-order chi connectivity index (χ1) is 12.2. The third-order valence-corrected chi connectivity index (χ3v) is 3.94. The van der Waals surface area contributed by atoms with Crippen molar-refractivity contribution >= 4 is 22.7 Å². The van der Waals surface area contributed by atoms with Gasteiger partial charge < -0.3 is 9.84 Å². The Balaban J connectivity index is 1.94. The van der Waals surface area contributed by atoms with Gasteiger partial charge in [0.05, 0.1) is 12.3 Å². The van der Waals surface area contributed by atoms with Gasteiger partial charge in [0.1, 0.15) is 0 Å². The van der Waals surface area contributed by atoms with Crippen LogP contribution >= 0.6 is 0 Å². The number of phenols is 1. The van der Waals surface area contributed by atoms with Crippen LogP contribution in [0.4, 0.5) is 5.69 Å². The van der Waals surface area contributed by atoms with Crippen molar-refractivity contribution in [1.82, 2.24) is 0 Å². The zero-order valence-electron chi connectivity index (χ0n) is 14.3. The van der Waals surface area contributed by atoms with Gasteiger partial charge in [-0.2, -0.15) is 0 Å². The Morgan fingerprint density at radius 1 is 1.08 bits per heavy atom. The summed E-state index contributed by atoms with van der Waals surface area (Å²) >= 11 is 0. The summed E-state index contributed by atoms with van der Waals surface area (Å²) in [5.41, 5.74) is 2.54. The molecular weight excluding hydrogens is 310 g/mol. The van der Waals surface area contributed by atoms with Crippen LogP contribution in [0.15, 0.2) is 72.2 Å². The average molecular weight is 331 g/mol. The summed E-state index contributed by atoms with van der Waals surface area (Å²) in [4.78, 5) is 4.57. The number of aliphatic imine (C=N–C) groups is 1. The summed E-state index contributed by atoms with van der Waals surface area (Å²) in [6.07, 6.45) is 4.12. The smallest absolute Gasteiger partial charge is 0.161 e. The molecule has 25 heavy (non-hydrogen) atoms. The van der Waals surface area contributed by atoms with Crippen molar-refractivity contribution in [3.63, 3.8) is 0 Å². The highest BCUT2D eigenvalue weighted by molar-refractivity contribution is 5.88. The second-order valence-electron chi connectivity index (χ2n) is 5.74. The van der Waals surface area contributed by atoms with Gasteiger partial charge in [-0.15, -0.1) is 6.58 Å². The minimum atomic E-state index is 0.171. The molecule has 0 aromatic heterocycles. The van der Waals surface area contributed by atoms with E-state index < -0.39 is 0 Å². The third kappa shape index (κ3) is 3.89. The van der Waals surface area contributed by atoms with Crippen molar-refractivity contribution in [1.29, 1.82) is 0 Å². The molecule has 0 atom stereocenters. The zero-order chi connectivity index (χ0) is 17.6. The normalized spacial score (nSPS) is 11.1. The Bertz CT molecular complexity index is 928. The molecule has 126 valence electrons. The van der Waals surface area contributed by atoms with Crippen molar-refractivity contribution < 1.29 is 9.84 Å². The van der Waals surface area contributed by atoms with Gasteiger partial charge in [-0.25, -0.2) is 0 Å². The van der Waals surface area contributed by atoms with Crippen LogP contribution in [0.2, 0.25) is 0 Å². The Morgan fingerprint density at radius 3 is 2.64 bits per heavy atom. The first-order valence-corrected chi connectivity index (χ1v) is 8.33. The van der Waals surface area contributed by atoms with Crippen molar-refractivity contribution in [2.75, 3.05) is 6.61 Å². The molecule has 0 saturated carbocycles. The Morgan fingerprint density at radius 2 is 1.88 bits per heavy atom. The second kappa shape index (κ2) is 7.67. The first-order valence-electron chi connectivity index (χ1n) is 8.33. The summed E-state index contributed by atoms with van der Waals surface area (Å²) in [5.74, 6) is 0.645. The molecule has 3 nitrogen and oxygen atoms in total. The van der Waals surface area contributed by atoms with E-state index in [9.17, 15) is 5.11 Å². The van der Waals surface area contributed by atoms with Gasteiger partial charge in [0.25, 0.3) is 0 Å². The van der Waals surface area contributed by atoms with E-state index in [4.69, 9.17) is 4.74 Å². The molecule has 0 amide bonds. The van der Waals surface area contributed by atoms with Gasteiger partial charge in [0, 0.05) is 11.8 Å². The molecule has 0 radical (unpaired) electrons. The first kappa shape index (κ1) is 16.8. The molecule has 0 aliphatic heterocycles. The number of phenolic OH excluding ortho intramolecular Hbond substituents is 1. The van der Waals surface area contributed by atoms with Crippen LogP contribution in [0.3, 0.4) is 0 Å². The molecule has 0 fully saturated rings. The van der Waals surface area contributed by atoms with Crippen LogP contribution in [-0.2, 0) is 6.42 Å². The molecule has 0 heterocycles. The minimum Gasteiger partial charge on any atom is -0.504 e. The molecule has 3 aromatic carbocycles. The summed E-state index contributed by atoms with van der Waals surface area (Å²) in [7, 11) is 0. The number of fused-ring (bicyclic) bond motifs is 1. The average Bonchev–Trinajstić information content (AvgIpc) is 2.63. The Kier molecular flexibility index (Phi) is 5.14. The van der Waals surface area contributed by atoms with Crippen LogP contribution in [0.1, 0.15) is 18.1 Å². The maximum Gasteiger partial charge on any atom is 0.161 e. The number of rotatable bonds is 6. The number of allylic oxidation sites excluding steroid dienone is 1. The lowest BCUT2D eigenvalue weighted by molar-refractivity contribution is 0.317. The molecule has 3 aromatic rings. The van der Waals surface area contributed by atoms with Crippen LogP contribution in [0.5, 0.6) is 11.5 Å². The molecule has 0 spiro atoms. The molecule has 0 aliphatic carbocycles. The fourth-order valence-corrected chi connectivity index (χ4v) is 2.75. The number of nitrogens with zero attached hydrogens (tertiary/aromatic N) is 1. The number of ether oxygens (including phenoxy) is 1. The highest BCUT2D eigenvalue weighted by Gasteiger charge is 2.09. The van der Waals surface area contributed by atoms with Crippen molar-refractivity contribution in [3.05, 3.63) is 78.4 Å². The lowest BCUT2D eigenvalue weighted by Crippen LogP contribution is -1.96. The number of hydrogen-bond acceptors (Lipinski definition) is 3. The summed E-state index contributed by atoms with van der Waals surface area (Å²) in [6, 6.07) is 18.0. The van der Waals surface area contributed by atoms with Gasteiger partial charge in [-0.1, -0.05) is 36.4 Å². The van der Waals surface area contributed by atoms with E-state index in [-0.39, 0.29) is 5.75 Å². The standard InChI is InChI=1S/C22H21NO2/c1-3-7-19-12-16(13-21(22(19)24)25-4-2)15-23-20-11-10-17-8-5-6-9-18(17)14-20/h3,5-6,8-15,24H,1,4,7H2,2H3. The second-order valence-corrected chi connectivity index (χ2v) is 5.74. The van der Waals surface area contributed by atoms with Crippen molar-refractivity contribution in [2.24, 2.45) is 4.99 Å². The van der Waals surface area contributed by atoms with E-state index in [1.165, 1.54) is 5.39 Å². The molecule has 3 heteroatoms. The predicted molar refractivity (Wildman–Crippen MR) is 104 cm³/mol. The summed E-state index contributed by atoms with van der Waals surface area (Å²) in [5, 5.41) is 12.6. The van der Waals surface area contributed by atoms with E-state index in [1.54, 1.807) is 18.4 Å². The lowest BCUT2D eigenvalue weighted by atomic mass is 10.1. The van der Waals surface area contributed by atoms with E-state index >= 15 is 0 Å². The highest BCUT2D eigenvalue weighted by atomic mass is 16.5. The SMILES string of the molecule is C=CCc1cc(C=Nc2ccc3ccccc3c2)cc(OCC)c1O. The molecule has 0 aliphatic rings. The van der Waals surface area contributed by atoms with Crippen molar-refractivity contribution in [2.45, 2.75) is 13.3 Å². The van der Waals surface area contributed by atoms with Crippen LogP contribution < -0.4 is 4.74 Å². The maximum atomic E-state index is 10.3. The Labute approximate surface area is 147 Å². The minimum absolute atomic E-state index is 0.171. The number of aromatic hydroxyl groups is 1. The third-order valence-electron chi connectivity index (χ3n) is 3.94. The maximum absolute atomic E-state index is 10.3. The van der Waals surface area contributed by atoms with Gasteiger partial charge in [-0.05, 0) is 53.9 Å². The van der Waals surface area contributed by atoms with Gasteiger partial charge in [0.2, 0.25) is 0 Å². The van der Waals surface area contributed by atoms with Gasteiger partial charge in [0.15, 0.2) is 11.5 Å². The van der Waals surface area contributed by atoms with E-state index in [2.05, 4.69) is 35.8 Å². The van der Waals surface area contributed by atoms with E-state index in [1.807, 2.05) is 31.2 Å². The fourth-order valence-electron chi connectivity index (χ4n) is 2.75. The number of hydrogen-bond donors (Lipinski definition) is 1. The lowest BCUT2D eigenvalue weighted by Gasteiger charge is -2.10. The van der Waals surface area contributed by atoms with E-state index in [0.717, 1.165) is 22.2 Å². The quantitative estimate of drug-likeness (QED) is 0.484. The molecule has 1 N–H and O–H groups in total. The molecule has 0 bridgehead atoms. The predicted octanol–water partition coefficient (Wildman–Crippen LogP) is 5.42. The molecular formula is C22H21NO2. The number of benzene rings is 3. The molecule has 0 unspecified atom stereocenters. The van der Waals surface area contributed by atoms with Crippen LogP contribution in [-0.4, -0.2) is 17.9 Å². The monoisotopic (exact) mass is 331 g/mol. The molecule has 3 rings (SSSR count). The summed E-state index contributed by atoms with van der Waals surface area (Å²) in [6.45, 7) is 6.12. The summed E-state index contributed by atoms with van der Waals surface area (Å²) < 4.78 is 5.53. The highest BCUT2D eigenvalue weighted by Crippen LogP contribution is 2.32. The van der Waals surface area contributed by atoms with Gasteiger partial charge in [-0.3, -0.25) is 4.99 Å². The largest absolute Gasteiger partial charge is 0.504 e. The topological polar surface area (TPSA) is 41.8 Å². The van der Waals surface area contributed by atoms with Crippen LogP contribution in [0, 0.1) is 0 Å². The van der Waals surface area contributed by atoms with Gasteiger partial charge >= 0.3 is 0 Å². The van der Waals surface area contributed by atoms with Crippen molar-refractivity contribution in [3.8, 4) is 11.5 Å². The van der Waals surface area contributed by atoms with Crippen LogP contribution in [0.25, 0.3) is 10.8 Å². The van der Waals surface area contributed by atoms with E-state index in [0.29, 0.717) is 18.8 Å². The zero-order valence-corrected chi connectivity index (χ0v) is 14.3. The fraction of sp³-hybridized carbons (Fsp3) is 0.136.